The molecule has 0 heterocycles. The van der Waals surface area contributed by atoms with Crippen LogP contribution in [0, 0.1) is 6.92 Å². The Hall–Kier alpha value is -4.67. The predicted molar refractivity (Wildman–Crippen MR) is 140 cm³/mol. The molecule has 0 aliphatic carbocycles. The second kappa shape index (κ2) is 11.8. The van der Waals surface area contributed by atoms with Crippen LogP contribution < -0.4 is 0 Å². The van der Waals surface area contributed by atoms with Gasteiger partial charge in [-0.05, 0) is 72.4 Å². The molecule has 0 radical (unpaired) electrons. The number of carbonyl (C=O) groups is 4. The summed E-state index contributed by atoms with van der Waals surface area (Å²) < 4.78 is 53.8. The molecule has 11 heteroatoms. The van der Waals surface area contributed by atoms with Crippen LogP contribution in [0.1, 0.15) is 83.1 Å². The summed E-state index contributed by atoms with van der Waals surface area (Å²) in [4.78, 5) is 48.6. The lowest BCUT2D eigenvalue weighted by Gasteiger charge is -2.34. The maximum atomic E-state index is 14.7. The molecule has 0 aliphatic heterocycles. The molecule has 0 aliphatic rings. The van der Waals surface area contributed by atoms with Gasteiger partial charge >= 0.3 is 30.1 Å². The quantitative estimate of drug-likeness (QED) is 0.301. The highest BCUT2D eigenvalue weighted by atomic mass is 19.4. The number of alkyl halides is 3. The van der Waals surface area contributed by atoms with E-state index in [0.29, 0.717) is 5.56 Å². The lowest BCUT2D eigenvalue weighted by molar-refractivity contribution is -0.173. The summed E-state index contributed by atoms with van der Waals surface area (Å²) in [5.74, 6) is -5.43. The number of aryl methyl sites for hydroxylation is 2. The van der Waals surface area contributed by atoms with Gasteiger partial charge in [0.15, 0.2) is 0 Å². The number of carboxylic acids is 2. The first-order valence-electron chi connectivity index (χ1n) is 12.3. The van der Waals surface area contributed by atoms with Gasteiger partial charge in [0.25, 0.3) is 0 Å². The van der Waals surface area contributed by atoms with Gasteiger partial charge in [0, 0.05) is 0 Å². The van der Waals surface area contributed by atoms with E-state index < -0.39 is 68.8 Å². The SMILES string of the molecule is CCc1ccc(COC(=O)c2ccc(C(C)(c3ccc(C(=O)O)c(C(=O)OC)c3)C(F)(F)F)cc2C(=O)O)cc1C. The fourth-order valence-electron chi connectivity index (χ4n) is 4.50. The maximum Gasteiger partial charge on any atom is 0.402 e. The average molecular weight is 573 g/mol. The zero-order chi connectivity index (χ0) is 30.7. The van der Waals surface area contributed by atoms with Crippen molar-refractivity contribution in [3.8, 4) is 0 Å². The van der Waals surface area contributed by atoms with Crippen molar-refractivity contribution in [3.05, 3.63) is 105 Å². The van der Waals surface area contributed by atoms with Crippen molar-refractivity contribution in [1.29, 1.82) is 0 Å². The Morgan fingerprint density at radius 3 is 1.83 bits per heavy atom. The van der Waals surface area contributed by atoms with Crippen LogP contribution in [0.15, 0.2) is 54.6 Å². The fourth-order valence-corrected chi connectivity index (χ4v) is 4.50. The number of aromatic carboxylic acids is 2. The number of esters is 2. The molecule has 3 aromatic carbocycles. The number of methoxy groups -OCH3 is 1. The summed E-state index contributed by atoms with van der Waals surface area (Å²) in [6, 6.07) is 10.5. The summed E-state index contributed by atoms with van der Waals surface area (Å²) in [5, 5.41) is 19.2. The topological polar surface area (TPSA) is 127 Å². The zero-order valence-electron chi connectivity index (χ0n) is 22.6. The van der Waals surface area contributed by atoms with Gasteiger partial charge < -0.3 is 19.7 Å². The normalized spacial score (nSPS) is 12.8. The standard InChI is InChI=1S/C30H27F3O8/c1-5-18-7-6-17(12-16(18)2)15-41-28(39)22-11-9-19(13-23(22)26(36)37)29(3,30(31,32)33)20-8-10-21(25(34)35)24(14-20)27(38)40-4/h6-14H,5,15H2,1-4H3,(H,34,35)(H,36,37). The van der Waals surface area contributed by atoms with Crippen molar-refractivity contribution in [2.75, 3.05) is 7.11 Å². The third kappa shape index (κ3) is 6.08. The summed E-state index contributed by atoms with van der Waals surface area (Å²) in [7, 11) is 0.946. The van der Waals surface area contributed by atoms with Crippen LogP contribution in [-0.4, -0.2) is 47.4 Å². The number of carboxylic acid groups (broad SMARTS) is 2. The Morgan fingerprint density at radius 2 is 1.34 bits per heavy atom. The molecule has 0 amide bonds. The summed E-state index contributed by atoms with van der Waals surface area (Å²) in [5.41, 5.74) is -3.67. The monoisotopic (exact) mass is 572 g/mol. The second-order valence-electron chi connectivity index (χ2n) is 9.44. The lowest BCUT2D eigenvalue weighted by atomic mass is 9.74. The molecule has 0 bridgehead atoms. The summed E-state index contributed by atoms with van der Waals surface area (Å²) in [6.07, 6.45) is -4.24. The van der Waals surface area contributed by atoms with E-state index in [1.54, 1.807) is 6.07 Å². The number of hydrogen-bond donors (Lipinski definition) is 2. The first-order chi connectivity index (χ1) is 19.1. The minimum Gasteiger partial charge on any atom is -0.478 e. The van der Waals surface area contributed by atoms with Gasteiger partial charge in [-0.25, -0.2) is 19.2 Å². The van der Waals surface area contributed by atoms with E-state index in [9.17, 15) is 42.6 Å². The van der Waals surface area contributed by atoms with E-state index in [-0.39, 0.29) is 6.61 Å². The van der Waals surface area contributed by atoms with Gasteiger partial charge in [0.05, 0.1) is 29.4 Å². The van der Waals surface area contributed by atoms with Crippen LogP contribution in [-0.2, 0) is 27.9 Å². The molecule has 3 aromatic rings. The minimum atomic E-state index is -5.05. The molecule has 0 spiro atoms. The molecule has 216 valence electrons. The first kappa shape index (κ1) is 30.9. The van der Waals surface area contributed by atoms with Crippen molar-refractivity contribution in [2.24, 2.45) is 0 Å². The van der Waals surface area contributed by atoms with E-state index >= 15 is 0 Å². The fraction of sp³-hybridized carbons (Fsp3) is 0.267. The highest BCUT2D eigenvalue weighted by Gasteiger charge is 2.54. The molecular weight excluding hydrogens is 545 g/mol. The van der Waals surface area contributed by atoms with Gasteiger partial charge in [-0.2, -0.15) is 13.2 Å². The Kier molecular flexibility index (Phi) is 8.90. The number of hydrogen-bond acceptors (Lipinski definition) is 6. The molecule has 0 saturated carbocycles. The zero-order valence-corrected chi connectivity index (χ0v) is 22.6. The minimum absolute atomic E-state index is 0.184. The van der Waals surface area contributed by atoms with E-state index in [0.717, 1.165) is 68.0 Å². The van der Waals surface area contributed by atoms with Crippen LogP contribution in [0.3, 0.4) is 0 Å². The third-order valence-electron chi connectivity index (χ3n) is 7.00. The molecular formula is C30H27F3O8. The second-order valence-corrected chi connectivity index (χ2v) is 9.44. The Labute approximate surface area is 233 Å². The van der Waals surface area contributed by atoms with E-state index in [2.05, 4.69) is 4.74 Å². The van der Waals surface area contributed by atoms with Crippen LogP contribution in [0.4, 0.5) is 13.2 Å². The van der Waals surface area contributed by atoms with Crippen LogP contribution in [0.25, 0.3) is 0 Å². The number of benzene rings is 3. The third-order valence-corrected chi connectivity index (χ3v) is 7.00. The van der Waals surface area contributed by atoms with Crippen LogP contribution in [0.5, 0.6) is 0 Å². The van der Waals surface area contributed by atoms with Crippen molar-refractivity contribution in [3.63, 3.8) is 0 Å². The highest BCUT2D eigenvalue weighted by molar-refractivity contribution is 6.03. The van der Waals surface area contributed by atoms with Crippen molar-refractivity contribution >= 4 is 23.9 Å². The lowest BCUT2D eigenvalue weighted by Crippen LogP contribution is -2.41. The van der Waals surface area contributed by atoms with Gasteiger partial charge in [-0.1, -0.05) is 37.3 Å². The molecule has 2 N–H and O–H groups in total. The first-order valence-corrected chi connectivity index (χ1v) is 12.3. The molecule has 3 rings (SSSR count). The number of halogens is 3. The Bertz CT molecular complexity index is 1530. The maximum absolute atomic E-state index is 14.7. The largest absolute Gasteiger partial charge is 0.478 e. The molecule has 8 nitrogen and oxygen atoms in total. The highest BCUT2D eigenvalue weighted by Crippen LogP contribution is 2.47. The van der Waals surface area contributed by atoms with E-state index in [4.69, 9.17) is 4.74 Å². The molecule has 0 saturated heterocycles. The number of carbonyl (C=O) groups excluding carboxylic acids is 2. The Balaban J connectivity index is 2.08. The van der Waals surface area contributed by atoms with E-state index in [1.165, 1.54) is 0 Å². The molecule has 41 heavy (non-hydrogen) atoms. The van der Waals surface area contributed by atoms with Crippen molar-refractivity contribution < 1.29 is 52.0 Å². The molecule has 1 unspecified atom stereocenters. The summed E-state index contributed by atoms with van der Waals surface area (Å²) >= 11 is 0. The summed E-state index contributed by atoms with van der Waals surface area (Å²) in [6.45, 7) is 4.46. The molecule has 0 fully saturated rings. The van der Waals surface area contributed by atoms with Crippen LogP contribution in [0.2, 0.25) is 0 Å². The van der Waals surface area contributed by atoms with Gasteiger partial charge in [-0.3, -0.25) is 0 Å². The smallest absolute Gasteiger partial charge is 0.402 e. The van der Waals surface area contributed by atoms with E-state index in [1.807, 2.05) is 26.0 Å². The van der Waals surface area contributed by atoms with Crippen LogP contribution >= 0.6 is 0 Å². The number of rotatable bonds is 9. The van der Waals surface area contributed by atoms with Crippen molar-refractivity contribution in [2.45, 2.75) is 45.4 Å². The Morgan fingerprint density at radius 1 is 0.780 bits per heavy atom. The van der Waals surface area contributed by atoms with Gasteiger partial charge in [0.1, 0.15) is 12.0 Å². The predicted octanol–water partition coefficient (Wildman–Crippen LogP) is 5.97. The number of ether oxygens (including phenoxy) is 2. The van der Waals surface area contributed by atoms with Gasteiger partial charge in [0.2, 0.25) is 0 Å². The average Bonchev–Trinajstić information content (AvgIpc) is 2.93. The van der Waals surface area contributed by atoms with Gasteiger partial charge in [-0.15, -0.1) is 0 Å². The molecule has 1 atom stereocenters. The molecule has 0 aromatic heterocycles. The van der Waals surface area contributed by atoms with Crippen molar-refractivity contribution in [1.82, 2.24) is 0 Å².